The Hall–Kier alpha value is -2.79. The van der Waals surface area contributed by atoms with Gasteiger partial charge in [-0.3, -0.25) is 9.48 Å². The van der Waals surface area contributed by atoms with E-state index in [0.717, 1.165) is 10.9 Å². The molecule has 0 radical (unpaired) electrons. The van der Waals surface area contributed by atoms with Gasteiger partial charge in [0.15, 0.2) is 0 Å². The van der Waals surface area contributed by atoms with Crippen molar-refractivity contribution in [2.45, 2.75) is 25.8 Å². The van der Waals surface area contributed by atoms with Gasteiger partial charge in [0.25, 0.3) is 0 Å². The number of aromatic nitrogens is 5. The molecule has 0 aromatic carbocycles. The normalized spacial score (nSPS) is 16.6. The lowest BCUT2D eigenvalue weighted by molar-refractivity contribution is -0.147. The zero-order valence-corrected chi connectivity index (χ0v) is 17.0. The van der Waals surface area contributed by atoms with Crippen LogP contribution in [0.2, 0.25) is 0 Å². The second-order valence-corrected chi connectivity index (χ2v) is 9.27. The van der Waals surface area contributed by atoms with E-state index in [-0.39, 0.29) is 37.8 Å². The number of esters is 1. The first-order valence-electron chi connectivity index (χ1n) is 9.35. The third-order valence-electron chi connectivity index (χ3n) is 5.17. The van der Waals surface area contributed by atoms with Gasteiger partial charge in [-0.15, -0.1) is 0 Å². The van der Waals surface area contributed by atoms with Crippen LogP contribution in [0.25, 0.3) is 22.3 Å². The molecule has 0 atom stereocenters. The molecule has 29 heavy (non-hydrogen) atoms. The lowest BCUT2D eigenvalue weighted by Crippen LogP contribution is -2.65. The molecular formula is C18H22N6O4S. The van der Waals surface area contributed by atoms with Crippen molar-refractivity contribution in [3.05, 3.63) is 31.0 Å². The largest absolute Gasteiger partial charge is 0.466 e. The zero-order valence-electron chi connectivity index (χ0n) is 16.2. The molecule has 0 unspecified atom stereocenters. The molecule has 3 aromatic rings. The highest BCUT2D eigenvalue weighted by atomic mass is 32.2. The highest BCUT2D eigenvalue weighted by Gasteiger charge is 2.51. The minimum Gasteiger partial charge on any atom is -0.466 e. The number of fused-ring (bicyclic) bond motifs is 1. The van der Waals surface area contributed by atoms with Gasteiger partial charge in [-0.25, -0.2) is 18.4 Å². The van der Waals surface area contributed by atoms with Gasteiger partial charge in [-0.05, 0) is 19.9 Å². The van der Waals surface area contributed by atoms with Gasteiger partial charge in [0.1, 0.15) is 17.5 Å². The number of sulfonamides is 1. The minimum atomic E-state index is -3.34. The summed E-state index contributed by atoms with van der Waals surface area (Å²) in [6.45, 7) is 3.95. The van der Waals surface area contributed by atoms with E-state index in [1.165, 1.54) is 10.6 Å². The fourth-order valence-electron chi connectivity index (χ4n) is 3.61. The van der Waals surface area contributed by atoms with Crippen LogP contribution in [0, 0.1) is 0 Å². The number of carbonyl (C=O) groups excluding carboxylic acids is 1. The number of hydrogen-bond acceptors (Lipinski definition) is 7. The van der Waals surface area contributed by atoms with E-state index in [0.29, 0.717) is 11.3 Å². The molecule has 1 N–H and O–H groups in total. The number of H-pyrrole nitrogens is 1. The smallest absolute Gasteiger partial charge is 0.308 e. The summed E-state index contributed by atoms with van der Waals surface area (Å²) < 4.78 is 32.6. The van der Waals surface area contributed by atoms with Crippen molar-refractivity contribution in [3.8, 4) is 11.3 Å². The number of rotatable bonds is 7. The summed E-state index contributed by atoms with van der Waals surface area (Å²) in [7, 11) is -3.34. The van der Waals surface area contributed by atoms with Crippen molar-refractivity contribution in [1.29, 1.82) is 0 Å². The summed E-state index contributed by atoms with van der Waals surface area (Å²) in [4.78, 5) is 23.8. The Morgan fingerprint density at radius 2 is 2.10 bits per heavy atom. The average molecular weight is 418 g/mol. The van der Waals surface area contributed by atoms with Crippen LogP contribution in [-0.2, 0) is 25.1 Å². The van der Waals surface area contributed by atoms with Gasteiger partial charge in [-0.2, -0.15) is 9.40 Å². The lowest BCUT2D eigenvalue weighted by Gasteiger charge is -2.48. The number of nitrogens with zero attached hydrogens (tertiary/aromatic N) is 5. The highest BCUT2D eigenvalue weighted by molar-refractivity contribution is 7.89. The van der Waals surface area contributed by atoms with Crippen molar-refractivity contribution < 1.29 is 17.9 Å². The molecule has 1 aliphatic rings. The minimum absolute atomic E-state index is 0.0131. The molecule has 11 heteroatoms. The Morgan fingerprint density at radius 1 is 1.31 bits per heavy atom. The first-order chi connectivity index (χ1) is 13.9. The Bertz CT molecular complexity index is 1150. The number of ether oxygens (including phenoxy) is 1. The van der Waals surface area contributed by atoms with Crippen molar-refractivity contribution in [3.63, 3.8) is 0 Å². The number of carbonyl (C=O) groups is 1. The lowest BCUT2D eigenvalue weighted by atomic mass is 9.88. The van der Waals surface area contributed by atoms with Gasteiger partial charge in [0, 0.05) is 36.4 Å². The predicted molar refractivity (Wildman–Crippen MR) is 105 cm³/mol. The summed E-state index contributed by atoms with van der Waals surface area (Å²) >= 11 is 0. The van der Waals surface area contributed by atoms with Crippen LogP contribution < -0.4 is 0 Å². The predicted octanol–water partition coefficient (Wildman–Crippen LogP) is 1.14. The molecule has 10 nitrogen and oxygen atoms in total. The van der Waals surface area contributed by atoms with Gasteiger partial charge in [-0.1, -0.05) is 0 Å². The first kappa shape index (κ1) is 19.5. The maximum atomic E-state index is 12.2. The number of hydrogen-bond donors (Lipinski definition) is 1. The molecule has 0 amide bonds. The summed E-state index contributed by atoms with van der Waals surface area (Å²) in [5.74, 6) is -0.368. The van der Waals surface area contributed by atoms with Crippen LogP contribution in [0.15, 0.2) is 31.0 Å². The second-order valence-electron chi connectivity index (χ2n) is 7.01. The molecule has 1 aliphatic heterocycles. The zero-order chi connectivity index (χ0) is 20.6. The van der Waals surface area contributed by atoms with E-state index in [4.69, 9.17) is 4.74 Å². The standard InChI is InChI=1S/C18H22N6O4S/c1-3-28-15(25)7-18(10-23(11-18)29(26,27)4-2)24-9-13(8-22-24)16-14-5-6-19-17(14)21-12-20-16/h5-6,8-9,12H,3-4,7,10-11H2,1-2H3,(H,19,20,21). The Kier molecular flexibility index (Phi) is 4.87. The van der Waals surface area contributed by atoms with Crippen LogP contribution in [0.1, 0.15) is 20.3 Å². The van der Waals surface area contributed by atoms with Crippen molar-refractivity contribution in [2.24, 2.45) is 0 Å². The van der Waals surface area contributed by atoms with Crippen LogP contribution >= 0.6 is 0 Å². The average Bonchev–Trinajstić information content (AvgIpc) is 3.33. The summed E-state index contributed by atoms with van der Waals surface area (Å²) in [6, 6.07) is 1.88. The van der Waals surface area contributed by atoms with Gasteiger partial charge < -0.3 is 9.72 Å². The molecule has 0 bridgehead atoms. The molecule has 1 fully saturated rings. The van der Waals surface area contributed by atoms with Crippen LogP contribution in [0.4, 0.5) is 0 Å². The first-order valence-corrected chi connectivity index (χ1v) is 11.0. The van der Waals surface area contributed by atoms with Crippen LogP contribution in [0.5, 0.6) is 0 Å². The van der Waals surface area contributed by atoms with E-state index in [2.05, 4.69) is 20.1 Å². The molecule has 1 saturated heterocycles. The molecular weight excluding hydrogens is 396 g/mol. The maximum absolute atomic E-state index is 12.2. The van der Waals surface area contributed by atoms with E-state index in [1.54, 1.807) is 37.1 Å². The van der Waals surface area contributed by atoms with E-state index >= 15 is 0 Å². The summed E-state index contributed by atoms with van der Waals surface area (Å²) in [5.41, 5.74) is 1.41. The summed E-state index contributed by atoms with van der Waals surface area (Å²) in [5, 5.41) is 5.31. The maximum Gasteiger partial charge on any atom is 0.308 e. The third kappa shape index (κ3) is 3.40. The molecule has 0 spiro atoms. The Balaban J connectivity index is 1.68. The Labute approximate surface area is 168 Å². The van der Waals surface area contributed by atoms with Gasteiger partial charge >= 0.3 is 5.97 Å². The summed E-state index contributed by atoms with van der Waals surface area (Å²) in [6.07, 6.45) is 6.76. The van der Waals surface area contributed by atoms with Crippen LogP contribution in [0.3, 0.4) is 0 Å². The third-order valence-corrected chi connectivity index (χ3v) is 6.95. The molecule has 0 saturated carbocycles. The quantitative estimate of drug-likeness (QED) is 0.571. The molecule has 3 aromatic heterocycles. The topological polar surface area (TPSA) is 123 Å². The molecule has 4 rings (SSSR count). The second kappa shape index (κ2) is 7.23. The molecule has 0 aliphatic carbocycles. The monoisotopic (exact) mass is 418 g/mol. The SMILES string of the molecule is CCOC(=O)CC1(n2cc(-c3ncnc4[nH]ccc34)cn2)CN(S(=O)(=O)CC)C1. The van der Waals surface area contributed by atoms with Gasteiger partial charge in [0.05, 0.1) is 30.7 Å². The van der Waals surface area contributed by atoms with Crippen molar-refractivity contribution in [1.82, 2.24) is 29.0 Å². The fraction of sp³-hybridized carbons (Fsp3) is 0.444. The number of aromatic amines is 1. The van der Waals surface area contributed by atoms with Gasteiger partial charge in [0.2, 0.25) is 10.0 Å². The Morgan fingerprint density at radius 3 is 2.83 bits per heavy atom. The fourth-order valence-corrected chi connectivity index (χ4v) is 4.85. The highest BCUT2D eigenvalue weighted by Crippen LogP contribution is 2.36. The van der Waals surface area contributed by atoms with Crippen molar-refractivity contribution >= 4 is 27.0 Å². The molecule has 154 valence electrons. The van der Waals surface area contributed by atoms with Crippen molar-refractivity contribution in [2.75, 3.05) is 25.4 Å². The van der Waals surface area contributed by atoms with E-state index in [9.17, 15) is 13.2 Å². The van der Waals surface area contributed by atoms with Crippen LogP contribution in [-0.4, -0.2) is 68.9 Å². The van der Waals surface area contributed by atoms with E-state index < -0.39 is 15.6 Å². The number of nitrogens with one attached hydrogen (secondary N) is 1. The van der Waals surface area contributed by atoms with E-state index in [1.807, 2.05) is 6.07 Å². The molecule has 4 heterocycles.